The molecule has 7 heteroatoms. The van der Waals surface area contributed by atoms with Gasteiger partial charge >= 0.3 is 0 Å². The van der Waals surface area contributed by atoms with Crippen molar-refractivity contribution in [3.05, 3.63) is 0 Å². The Morgan fingerprint density at radius 1 is 1.35 bits per heavy atom. The standard InChI is InChI=1S/C13H23N3O3S/c1-14(2)12(18)10-5-19-13(7-15(10)3)8-16(9-13)11(17)6-20-4/h10H,5-9H2,1-4H3/t10-/m0/s1. The number of thioether (sulfide) groups is 1. The van der Waals surface area contributed by atoms with Crippen LogP contribution in [0, 0.1) is 0 Å². The van der Waals surface area contributed by atoms with Crippen molar-refractivity contribution in [1.82, 2.24) is 14.7 Å². The first-order chi connectivity index (χ1) is 9.38. The smallest absolute Gasteiger partial charge is 0.241 e. The first-order valence-electron chi connectivity index (χ1n) is 6.70. The Hall–Kier alpha value is -0.790. The third-order valence-corrected chi connectivity index (χ3v) is 4.46. The summed E-state index contributed by atoms with van der Waals surface area (Å²) in [5.74, 6) is 0.756. The van der Waals surface area contributed by atoms with Crippen LogP contribution >= 0.6 is 11.8 Å². The summed E-state index contributed by atoms with van der Waals surface area (Å²) >= 11 is 1.54. The summed E-state index contributed by atoms with van der Waals surface area (Å²) in [6.45, 7) is 2.37. The van der Waals surface area contributed by atoms with Crippen molar-refractivity contribution >= 4 is 23.6 Å². The molecule has 0 N–H and O–H groups in total. The Morgan fingerprint density at radius 3 is 2.50 bits per heavy atom. The number of hydrogen-bond acceptors (Lipinski definition) is 5. The Kier molecular flexibility index (Phi) is 4.61. The average molecular weight is 301 g/mol. The second kappa shape index (κ2) is 5.91. The number of carbonyl (C=O) groups excluding carboxylic acids is 2. The summed E-state index contributed by atoms with van der Waals surface area (Å²) in [4.78, 5) is 29.3. The number of likely N-dealkylation sites (tertiary alicyclic amines) is 1. The summed E-state index contributed by atoms with van der Waals surface area (Å²) in [5.41, 5.74) is -0.272. The van der Waals surface area contributed by atoms with Gasteiger partial charge in [-0.15, -0.1) is 0 Å². The van der Waals surface area contributed by atoms with E-state index in [2.05, 4.69) is 0 Å². The van der Waals surface area contributed by atoms with Crippen molar-refractivity contribution in [2.75, 3.05) is 59.4 Å². The first-order valence-corrected chi connectivity index (χ1v) is 8.10. The molecule has 0 aromatic carbocycles. The van der Waals surface area contributed by atoms with Crippen molar-refractivity contribution < 1.29 is 14.3 Å². The number of ether oxygens (including phenoxy) is 1. The van der Waals surface area contributed by atoms with Crippen LogP contribution in [0.15, 0.2) is 0 Å². The van der Waals surface area contributed by atoms with Crippen LogP contribution < -0.4 is 0 Å². The van der Waals surface area contributed by atoms with Gasteiger partial charge in [0.2, 0.25) is 11.8 Å². The van der Waals surface area contributed by atoms with Crippen LogP contribution in [0.25, 0.3) is 0 Å². The zero-order valence-electron chi connectivity index (χ0n) is 12.6. The van der Waals surface area contributed by atoms with Gasteiger partial charge in [-0.25, -0.2) is 0 Å². The number of morpholine rings is 1. The molecule has 1 atom stereocenters. The Labute approximate surface area is 124 Å². The van der Waals surface area contributed by atoms with Crippen LogP contribution in [-0.2, 0) is 14.3 Å². The van der Waals surface area contributed by atoms with E-state index in [0.717, 1.165) is 0 Å². The molecule has 2 amide bonds. The second-order valence-electron chi connectivity index (χ2n) is 5.84. The monoisotopic (exact) mass is 301 g/mol. The van der Waals surface area contributed by atoms with Crippen LogP contribution in [0.4, 0.5) is 0 Å². The SMILES string of the molecule is CSCC(=O)N1CC2(C1)CN(C)[C@H](C(=O)N(C)C)CO2. The van der Waals surface area contributed by atoms with Gasteiger partial charge < -0.3 is 14.5 Å². The Balaban J connectivity index is 1.88. The average Bonchev–Trinajstić information content (AvgIpc) is 2.35. The first kappa shape index (κ1) is 15.6. The van der Waals surface area contributed by atoms with Crippen LogP contribution in [0.2, 0.25) is 0 Å². The molecule has 0 radical (unpaired) electrons. The maximum absolute atomic E-state index is 12.0. The lowest BCUT2D eigenvalue weighted by Gasteiger charge is -2.54. The minimum Gasteiger partial charge on any atom is -0.368 e. The van der Waals surface area contributed by atoms with Crippen LogP contribution in [-0.4, -0.2) is 97.5 Å². The van der Waals surface area contributed by atoms with Gasteiger partial charge in [0, 0.05) is 20.6 Å². The minimum absolute atomic E-state index is 0.0667. The van der Waals surface area contributed by atoms with Crippen molar-refractivity contribution in [3.63, 3.8) is 0 Å². The van der Waals surface area contributed by atoms with Crippen LogP contribution in [0.5, 0.6) is 0 Å². The fourth-order valence-corrected chi connectivity index (χ4v) is 3.21. The van der Waals surface area contributed by atoms with E-state index in [9.17, 15) is 9.59 Å². The quantitative estimate of drug-likeness (QED) is 0.693. The van der Waals surface area contributed by atoms with Gasteiger partial charge in [-0.2, -0.15) is 11.8 Å². The molecule has 20 heavy (non-hydrogen) atoms. The number of hydrogen-bond donors (Lipinski definition) is 0. The number of likely N-dealkylation sites (N-methyl/N-ethyl adjacent to an activating group) is 2. The Bertz CT molecular complexity index is 396. The minimum atomic E-state index is -0.272. The molecule has 0 aromatic heterocycles. The number of carbonyl (C=O) groups is 2. The largest absolute Gasteiger partial charge is 0.368 e. The van der Waals surface area contributed by atoms with E-state index in [-0.39, 0.29) is 23.5 Å². The maximum Gasteiger partial charge on any atom is 0.241 e. The summed E-state index contributed by atoms with van der Waals surface area (Å²) in [5, 5.41) is 0. The molecular formula is C13H23N3O3S. The van der Waals surface area contributed by atoms with Gasteiger partial charge in [0.25, 0.3) is 0 Å². The van der Waals surface area contributed by atoms with Crippen molar-refractivity contribution in [3.8, 4) is 0 Å². The molecule has 2 fully saturated rings. The van der Waals surface area contributed by atoms with Gasteiger partial charge in [0.1, 0.15) is 11.6 Å². The molecule has 2 saturated heterocycles. The predicted molar refractivity (Wildman–Crippen MR) is 78.8 cm³/mol. The van der Waals surface area contributed by atoms with Crippen LogP contribution in [0.1, 0.15) is 0 Å². The van der Waals surface area contributed by atoms with Crippen LogP contribution in [0.3, 0.4) is 0 Å². The van der Waals surface area contributed by atoms with Crippen molar-refractivity contribution in [1.29, 1.82) is 0 Å². The lowest BCUT2D eigenvalue weighted by atomic mass is 9.90. The van der Waals surface area contributed by atoms with E-state index in [1.54, 1.807) is 19.0 Å². The lowest BCUT2D eigenvalue weighted by molar-refractivity contribution is -0.201. The lowest BCUT2D eigenvalue weighted by Crippen LogP contribution is -2.73. The molecule has 0 unspecified atom stereocenters. The molecule has 1 spiro atoms. The number of rotatable bonds is 3. The third kappa shape index (κ3) is 2.94. The van der Waals surface area contributed by atoms with Crippen molar-refractivity contribution in [2.45, 2.75) is 11.6 Å². The fourth-order valence-electron chi connectivity index (χ4n) is 2.78. The van der Waals surface area contributed by atoms with E-state index in [1.165, 1.54) is 11.8 Å². The second-order valence-corrected chi connectivity index (χ2v) is 6.71. The molecule has 0 aliphatic carbocycles. The normalized spacial score (nSPS) is 25.4. The zero-order valence-corrected chi connectivity index (χ0v) is 13.4. The van der Waals surface area contributed by atoms with E-state index in [4.69, 9.17) is 4.74 Å². The highest BCUT2D eigenvalue weighted by molar-refractivity contribution is 7.99. The van der Waals surface area contributed by atoms with Gasteiger partial charge in [0.15, 0.2) is 0 Å². The highest BCUT2D eigenvalue weighted by Gasteiger charge is 2.51. The van der Waals surface area contributed by atoms with E-state index < -0.39 is 0 Å². The highest BCUT2D eigenvalue weighted by Crippen LogP contribution is 2.31. The van der Waals surface area contributed by atoms with Crippen molar-refractivity contribution in [2.24, 2.45) is 0 Å². The molecule has 0 bridgehead atoms. The molecule has 2 aliphatic heterocycles. The molecule has 6 nitrogen and oxygen atoms in total. The fraction of sp³-hybridized carbons (Fsp3) is 0.846. The molecule has 114 valence electrons. The van der Waals surface area contributed by atoms with E-state index in [1.807, 2.05) is 23.1 Å². The molecular weight excluding hydrogens is 278 g/mol. The number of amides is 2. The summed E-state index contributed by atoms with van der Waals surface area (Å²) in [6, 6.07) is -0.216. The molecule has 2 heterocycles. The Morgan fingerprint density at radius 2 is 2.00 bits per heavy atom. The topological polar surface area (TPSA) is 53.1 Å². The van der Waals surface area contributed by atoms with Gasteiger partial charge in [0.05, 0.1) is 25.4 Å². The number of nitrogens with zero attached hydrogens (tertiary/aromatic N) is 3. The zero-order chi connectivity index (χ0) is 14.9. The summed E-state index contributed by atoms with van der Waals surface area (Å²) < 4.78 is 5.92. The molecule has 2 aliphatic rings. The van der Waals surface area contributed by atoms with E-state index >= 15 is 0 Å². The van der Waals surface area contributed by atoms with E-state index in [0.29, 0.717) is 32.0 Å². The molecule has 2 rings (SSSR count). The van der Waals surface area contributed by atoms with Gasteiger partial charge in [-0.1, -0.05) is 0 Å². The third-order valence-electron chi connectivity index (χ3n) is 3.92. The summed E-state index contributed by atoms with van der Waals surface area (Å²) in [6.07, 6.45) is 1.93. The maximum atomic E-state index is 12.0. The van der Waals surface area contributed by atoms with Gasteiger partial charge in [-0.3, -0.25) is 14.5 Å². The molecule has 0 aromatic rings. The van der Waals surface area contributed by atoms with Gasteiger partial charge in [-0.05, 0) is 13.3 Å². The highest BCUT2D eigenvalue weighted by atomic mass is 32.2. The predicted octanol–water partition coefficient (Wildman–Crippen LogP) is -0.651. The molecule has 0 saturated carbocycles. The summed E-state index contributed by atoms with van der Waals surface area (Å²) in [7, 11) is 5.46.